The van der Waals surface area contributed by atoms with Crippen molar-refractivity contribution in [1.29, 1.82) is 0 Å². The maximum atomic E-state index is 13.9. The van der Waals surface area contributed by atoms with E-state index in [-0.39, 0.29) is 30.0 Å². The Hall–Kier alpha value is -1.73. The van der Waals surface area contributed by atoms with Crippen molar-refractivity contribution in [2.24, 2.45) is 0 Å². The third-order valence-corrected chi connectivity index (χ3v) is 3.21. The van der Waals surface area contributed by atoms with Crippen LogP contribution < -0.4 is 5.73 Å². The molecular weight excluding hydrogens is 251 g/mol. The van der Waals surface area contributed by atoms with Gasteiger partial charge in [0.25, 0.3) is 0 Å². The zero-order valence-corrected chi connectivity index (χ0v) is 10.9. The Kier molecular flexibility index (Phi) is 3.96. The van der Waals surface area contributed by atoms with Gasteiger partial charge in [-0.25, -0.2) is 14.4 Å². The molecule has 2 rings (SSSR count). The number of methoxy groups -OCH3 is 1. The molecule has 2 aromatic heterocycles. The molecule has 0 saturated heterocycles. The third-order valence-electron chi connectivity index (χ3n) is 3.21. The first-order valence-corrected chi connectivity index (χ1v) is 5.98. The number of hydrogen-bond acceptors (Lipinski definition) is 5. The van der Waals surface area contributed by atoms with Gasteiger partial charge in [0, 0.05) is 19.3 Å². The number of ether oxygens (including phenoxy) is 1. The van der Waals surface area contributed by atoms with Crippen LogP contribution in [0.2, 0.25) is 0 Å². The Labute approximate surface area is 110 Å². The standard InChI is InChI=1S/C12H17FN4O2/c1-7(3-8(5-18)19-2)17-4-9(13)10-11(14)15-6-16-12(10)17/h4,6-8,18H,3,5H2,1-2H3,(H2,14,15,16). The van der Waals surface area contributed by atoms with E-state index >= 15 is 0 Å². The Morgan fingerprint density at radius 1 is 1.53 bits per heavy atom. The van der Waals surface area contributed by atoms with Crippen molar-refractivity contribution in [2.45, 2.75) is 25.5 Å². The van der Waals surface area contributed by atoms with Gasteiger partial charge in [-0.15, -0.1) is 0 Å². The van der Waals surface area contributed by atoms with Gasteiger partial charge in [0.1, 0.15) is 17.8 Å². The highest BCUT2D eigenvalue weighted by Crippen LogP contribution is 2.27. The van der Waals surface area contributed by atoms with Crippen molar-refractivity contribution >= 4 is 16.9 Å². The molecule has 0 radical (unpaired) electrons. The SMILES string of the molecule is COC(CO)CC(C)n1cc(F)c2c(N)ncnc21. The highest BCUT2D eigenvalue weighted by atomic mass is 19.1. The third kappa shape index (κ3) is 2.52. The minimum absolute atomic E-state index is 0.0837. The molecule has 7 heteroatoms. The summed E-state index contributed by atoms with van der Waals surface area (Å²) in [6, 6.07) is -0.0848. The molecule has 6 nitrogen and oxygen atoms in total. The molecule has 0 bridgehead atoms. The second-order valence-electron chi connectivity index (χ2n) is 4.47. The Morgan fingerprint density at radius 2 is 2.26 bits per heavy atom. The minimum Gasteiger partial charge on any atom is -0.394 e. The van der Waals surface area contributed by atoms with Gasteiger partial charge in [-0.05, 0) is 13.3 Å². The molecular formula is C12H17FN4O2. The number of nitrogens with zero attached hydrogens (tertiary/aromatic N) is 3. The van der Waals surface area contributed by atoms with E-state index in [2.05, 4.69) is 9.97 Å². The van der Waals surface area contributed by atoms with Crippen molar-refractivity contribution < 1.29 is 14.2 Å². The molecule has 2 atom stereocenters. The van der Waals surface area contributed by atoms with Crippen molar-refractivity contribution in [3.8, 4) is 0 Å². The van der Waals surface area contributed by atoms with E-state index in [9.17, 15) is 4.39 Å². The summed E-state index contributed by atoms with van der Waals surface area (Å²) >= 11 is 0. The first kappa shape index (κ1) is 13.7. The van der Waals surface area contributed by atoms with Gasteiger partial charge in [-0.3, -0.25) is 0 Å². The Morgan fingerprint density at radius 3 is 2.89 bits per heavy atom. The average Bonchev–Trinajstić information content (AvgIpc) is 2.74. The van der Waals surface area contributed by atoms with E-state index in [1.807, 2.05) is 6.92 Å². The summed E-state index contributed by atoms with van der Waals surface area (Å²) in [7, 11) is 1.53. The van der Waals surface area contributed by atoms with Gasteiger partial charge in [-0.2, -0.15) is 0 Å². The highest BCUT2D eigenvalue weighted by molar-refractivity contribution is 5.86. The summed E-state index contributed by atoms with van der Waals surface area (Å²) in [5.41, 5.74) is 6.10. The molecule has 0 aliphatic heterocycles. The molecule has 0 saturated carbocycles. The van der Waals surface area contributed by atoms with Crippen LogP contribution in [0.3, 0.4) is 0 Å². The summed E-state index contributed by atoms with van der Waals surface area (Å²) in [6.07, 6.45) is 2.90. The quantitative estimate of drug-likeness (QED) is 0.848. The van der Waals surface area contributed by atoms with Crippen molar-refractivity contribution in [2.75, 3.05) is 19.5 Å². The largest absolute Gasteiger partial charge is 0.394 e. The van der Waals surface area contributed by atoms with Gasteiger partial charge < -0.3 is 20.1 Å². The van der Waals surface area contributed by atoms with E-state index in [0.717, 1.165) is 0 Å². The maximum Gasteiger partial charge on any atom is 0.154 e. The summed E-state index contributed by atoms with van der Waals surface area (Å²) < 4.78 is 20.7. The lowest BCUT2D eigenvalue weighted by Gasteiger charge is -2.19. The summed E-state index contributed by atoms with van der Waals surface area (Å²) in [5.74, 6) is -0.322. The fraction of sp³-hybridized carbons (Fsp3) is 0.500. The molecule has 0 aliphatic carbocycles. The van der Waals surface area contributed by atoms with Crippen LogP contribution in [0.15, 0.2) is 12.5 Å². The molecule has 0 aliphatic rings. The first-order valence-electron chi connectivity index (χ1n) is 5.98. The van der Waals surface area contributed by atoms with E-state index in [4.69, 9.17) is 15.6 Å². The number of aliphatic hydroxyl groups excluding tert-OH is 1. The van der Waals surface area contributed by atoms with E-state index < -0.39 is 5.82 Å². The molecule has 2 heterocycles. The van der Waals surface area contributed by atoms with Crippen LogP contribution in [-0.2, 0) is 4.74 Å². The van der Waals surface area contributed by atoms with Crippen LogP contribution in [0, 0.1) is 5.82 Å². The van der Waals surface area contributed by atoms with Crippen molar-refractivity contribution in [1.82, 2.24) is 14.5 Å². The number of fused-ring (bicyclic) bond motifs is 1. The minimum atomic E-state index is -0.446. The molecule has 19 heavy (non-hydrogen) atoms. The fourth-order valence-corrected chi connectivity index (χ4v) is 2.14. The van der Waals surface area contributed by atoms with E-state index in [1.54, 1.807) is 4.57 Å². The lowest BCUT2D eigenvalue weighted by molar-refractivity contribution is 0.0348. The highest BCUT2D eigenvalue weighted by Gasteiger charge is 2.19. The molecule has 104 valence electrons. The number of anilines is 1. The molecule has 0 spiro atoms. The zero-order valence-electron chi connectivity index (χ0n) is 10.9. The van der Waals surface area contributed by atoms with Gasteiger partial charge in [-0.1, -0.05) is 0 Å². The monoisotopic (exact) mass is 268 g/mol. The summed E-state index contributed by atoms with van der Waals surface area (Å²) in [5, 5.41) is 9.36. The van der Waals surface area contributed by atoms with Crippen LogP contribution in [0.4, 0.5) is 10.2 Å². The Balaban J connectivity index is 2.37. The molecule has 0 aromatic carbocycles. The number of nitrogen functional groups attached to an aromatic ring is 1. The normalized spacial score (nSPS) is 14.7. The van der Waals surface area contributed by atoms with Gasteiger partial charge in [0.15, 0.2) is 5.82 Å². The number of rotatable bonds is 5. The van der Waals surface area contributed by atoms with Gasteiger partial charge >= 0.3 is 0 Å². The first-order chi connectivity index (χ1) is 9.08. The average molecular weight is 268 g/mol. The second-order valence-corrected chi connectivity index (χ2v) is 4.47. The zero-order chi connectivity index (χ0) is 14.0. The summed E-state index contributed by atoms with van der Waals surface area (Å²) in [4.78, 5) is 7.85. The number of halogens is 1. The molecule has 2 unspecified atom stereocenters. The van der Waals surface area contributed by atoms with Crippen LogP contribution >= 0.6 is 0 Å². The smallest absolute Gasteiger partial charge is 0.154 e. The van der Waals surface area contributed by atoms with Crippen LogP contribution in [0.25, 0.3) is 11.0 Å². The maximum absolute atomic E-state index is 13.9. The number of hydrogen-bond donors (Lipinski definition) is 2. The number of nitrogens with two attached hydrogens (primary N) is 1. The topological polar surface area (TPSA) is 86.2 Å². The fourth-order valence-electron chi connectivity index (χ4n) is 2.14. The van der Waals surface area contributed by atoms with Gasteiger partial charge in [0.2, 0.25) is 0 Å². The predicted octanol–water partition coefficient (Wildman–Crippen LogP) is 1.11. The molecule has 3 N–H and O–H groups in total. The molecule has 2 aromatic rings. The van der Waals surface area contributed by atoms with Gasteiger partial charge in [0.05, 0.1) is 18.1 Å². The summed E-state index contributed by atoms with van der Waals surface area (Å²) in [6.45, 7) is 1.82. The lowest BCUT2D eigenvalue weighted by Crippen LogP contribution is -2.20. The van der Waals surface area contributed by atoms with Crippen LogP contribution in [0.5, 0.6) is 0 Å². The molecule has 0 fully saturated rings. The van der Waals surface area contributed by atoms with Crippen LogP contribution in [0.1, 0.15) is 19.4 Å². The van der Waals surface area contributed by atoms with Crippen molar-refractivity contribution in [3.05, 3.63) is 18.3 Å². The van der Waals surface area contributed by atoms with Crippen molar-refractivity contribution in [3.63, 3.8) is 0 Å². The van der Waals surface area contributed by atoms with Crippen LogP contribution in [-0.4, -0.2) is 39.5 Å². The lowest BCUT2D eigenvalue weighted by atomic mass is 10.1. The molecule has 0 amide bonds. The number of aliphatic hydroxyl groups is 1. The van der Waals surface area contributed by atoms with E-state index in [0.29, 0.717) is 12.1 Å². The second kappa shape index (κ2) is 5.50. The van der Waals surface area contributed by atoms with E-state index in [1.165, 1.54) is 19.6 Å². The number of aromatic nitrogens is 3. The predicted molar refractivity (Wildman–Crippen MR) is 69.1 cm³/mol. The Bertz CT molecular complexity index is 568.